The van der Waals surface area contributed by atoms with Crippen molar-refractivity contribution in [1.82, 2.24) is 0 Å². The molecule has 0 amide bonds. The first-order valence-electron chi connectivity index (χ1n) is 39.7. The number of ether oxygens (including phenoxy) is 4. The Morgan fingerprint density at radius 1 is 0.288 bits per heavy atom. The van der Waals surface area contributed by atoms with Crippen molar-refractivity contribution in [2.24, 2.45) is 0 Å². The number of hydrogen-bond donors (Lipinski definition) is 3. The van der Waals surface area contributed by atoms with Gasteiger partial charge in [-0.3, -0.25) is 37.3 Å². The third kappa shape index (κ3) is 74.9. The number of rotatable bonds is 73. The zero-order valence-electron chi connectivity index (χ0n) is 64.6. The van der Waals surface area contributed by atoms with E-state index >= 15 is 0 Å². The summed E-state index contributed by atoms with van der Waals surface area (Å²) in [5.41, 5.74) is 0. The highest BCUT2D eigenvalue weighted by Gasteiger charge is 2.30. The number of unbranched alkanes of at least 4 members (excludes halogenated alkanes) is 22. The average Bonchev–Trinajstić information content (AvgIpc) is 0.937. The van der Waals surface area contributed by atoms with E-state index in [0.717, 1.165) is 148 Å². The number of phosphoric ester groups is 2. The minimum absolute atomic E-state index is 0.0588. The van der Waals surface area contributed by atoms with Crippen LogP contribution in [0, 0.1) is 0 Å². The molecule has 0 aromatic carbocycles. The van der Waals surface area contributed by atoms with Crippen molar-refractivity contribution in [2.75, 3.05) is 39.6 Å². The van der Waals surface area contributed by atoms with E-state index in [1.807, 2.05) is 24.3 Å². The summed E-state index contributed by atoms with van der Waals surface area (Å²) in [5, 5.41) is 10.6. The Hall–Kier alpha value is -5.32. The van der Waals surface area contributed by atoms with Crippen LogP contribution in [0.2, 0.25) is 0 Å². The van der Waals surface area contributed by atoms with Crippen molar-refractivity contribution in [3.05, 3.63) is 158 Å². The predicted molar refractivity (Wildman–Crippen MR) is 427 cm³/mol. The van der Waals surface area contributed by atoms with Crippen LogP contribution < -0.4 is 0 Å². The Balaban J connectivity index is 5.48. The molecule has 0 bridgehead atoms. The van der Waals surface area contributed by atoms with E-state index in [-0.39, 0.29) is 25.7 Å². The zero-order valence-corrected chi connectivity index (χ0v) is 66.4. The van der Waals surface area contributed by atoms with Gasteiger partial charge in [0.05, 0.1) is 32.8 Å². The molecule has 592 valence electrons. The lowest BCUT2D eigenvalue weighted by molar-refractivity contribution is -0.161. The van der Waals surface area contributed by atoms with Gasteiger partial charge >= 0.3 is 39.5 Å². The van der Waals surface area contributed by atoms with Crippen molar-refractivity contribution in [2.45, 2.75) is 316 Å². The molecule has 3 N–H and O–H groups in total. The van der Waals surface area contributed by atoms with Crippen LogP contribution in [0.25, 0.3) is 0 Å². The molecule has 0 spiro atoms. The summed E-state index contributed by atoms with van der Waals surface area (Å²) >= 11 is 0. The Morgan fingerprint density at radius 2 is 0.548 bits per heavy atom. The first-order valence-corrected chi connectivity index (χ1v) is 42.7. The molecule has 0 rings (SSSR count). The predicted octanol–water partition coefficient (Wildman–Crippen LogP) is 23.2. The molecule has 17 nitrogen and oxygen atoms in total. The van der Waals surface area contributed by atoms with E-state index in [1.165, 1.54) is 64.2 Å². The van der Waals surface area contributed by atoms with E-state index < -0.39 is 97.5 Å². The maximum Gasteiger partial charge on any atom is 0.472 e. The maximum atomic E-state index is 13.1. The SMILES string of the molecule is CC/C=C\C/C=C\C/C=C\C/C=C\C/C=C\CCCC(=O)OCC(COP(=O)(O)OCC(O)COP(=O)(O)OCC(COC(=O)CCCCCCCCC/C=C\C/C=C\C/C=C\CC)OC(=O)CCCCCCCCCCCCCCCCC)OC(=O)C/C=C\C/C=C\C/C=C\C/C=C\C/C=C\CC. The Kier molecular flexibility index (Phi) is 72.0. The lowest BCUT2D eigenvalue weighted by atomic mass is 10.0. The highest BCUT2D eigenvalue weighted by molar-refractivity contribution is 7.47. The van der Waals surface area contributed by atoms with Crippen molar-refractivity contribution >= 4 is 39.5 Å². The molecule has 0 aliphatic carbocycles. The summed E-state index contributed by atoms with van der Waals surface area (Å²) in [7, 11) is -10.0. The fourth-order valence-corrected chi connectivity index (χ4v) is 11.7. The number of aliphatic hydroxyl groups excluding tert-OH is 1. The summed E-state index contributed by atoms with van der Waals surface area (Å²) in [6, 6.07) is 0. The number of esters is 4. The molecule has 5 unspecified atom stereocenters. The summed E-state index contributed by atoms with van der Waals surface area (Å²) in [6.07, 6.45) is 88.4. The molecule has 0 heterocycles. The second-order valence-electron chi connectivity index (χ2n) is 25.9. The van der Waals surface area contributed by atoms with Gasteiger partial charge in [-0.05, 0) is 122 Å². The Morgan fingerprint density at radius 3 is 0.894 bits per heavy atom. The van der Waals surface area contributed by atoms with Crippen LogP contribution in [-0.4, -0.2) is 96.7 Å². The van der Waals surface area contributed by atoms with Crippen molar-refractivity contribution < 1.29 is 80.2 Å². The second-order valence-corrected chi connectivity index (χ2v) is 28.8. The quantitative estimate of drug-likeness (QED) is 0.0169. The van der Waals surface area contributed by atoms with Crippen LogP contribution in [0.5, 0.6) is 0 Å². The van der Waals surface area contributed by atoms with Crippen LogP contribution in [0.15, 0.2) is 158 Å². The topological polar surface area (TPSA) is 237 Å². The number of carbonyl (C=O) groups excluding carboxylic acids is 4. The third-order valence-electron chi connectivity index (χ3n) is 16.0. The molecule has 0 saturated heterocycles. The molecule has 0 aromatic heterocycles. The van der Waals surface area contributed by atoms with Gasteiger partial charge in [0.15, 0.2) is 12.2 Å². The van der Waals surface area contributed by atoms with Gasteiger partial charge in [0.25, 0.3) is 0 Å². The van der Waals surface area contributed by atoms with Gasteiger partial charge < -0.3 is 33.8 Å². The van der Waals surface area contributed by atoms with Crippen LogP contribution in [0.1, 0.15) is 297 Å². The number of hydrogen-bond acceptors (Lipinski definition) is 15. The van der Waals surface area contributed by atoms with Gasteiger partial charge in [-0.2, -0.15) is 0 Å². The molecule has 19 heteroatoms. The molecule has 104 heavy (non-hydrogen) atoms. The highest BCUT2D eigenvalue weighted by Crippen LogP contribution is 2.45. The summed E-state index contributed by atoms with van der Waals surface area (Å²) < 4.78 is 68.4. The van der Waals surface area contributed by atoms with Gasteiger partial charge in [0.1, 0.15) is 19.3 Å². The summed E-state index contributed by atoms with van der Waals surface area (Å²) in [5.74, 6) is -2.40. The number of carbonyl (C=O) groups is 4. The molecular formula is C85H140O17P2. The van der Waals surface area contributed by atoms with Crippen molar-refractivity contribution in [3.8, 4) is 0 Å². The maximum absolute atomic E-state index is 13.1. The molecular weight excluding hydrogens is 1350 g/mol. The van der Waals surface area contributed by atoms with Gasteiger partial charge in [-0.25, -0.2) is 9.13 Å². The lowest BCUT2D eigenvalue weighted by Crippen LogP contribution is -2.30. The minimum Gasteiger partial charge on any atom is -0.462 e. The van der Waals surface area contributed by atoms with Crippen LogP contribution >= 0.6 is 15.6 Å². The monoisotopic (exact) mass is 1490 g/mol. The largest absolute Gasteiger partial charge is 0.472 e. The molecule has 0 saturated carbocycles. The Bertz CT molecular complexity index is 2590. The highest BCUT2D eigenvalue weighted by atomic mass is 31.2. The van der Waals surface area contributed by atoms with E-state index in [4.69, 9.17) is 37.0 Å². The van der Waals surface area contributed by atoms with Gasteiger partial charge in [-0.1, -0.05) is 308 Å². The van der Waals surface area contributed by atoms with Crippen LogP contribution in [0.3, 0.4) is 0 Å². The van der Waals surface area contributed by atoms with E-state index in [1.54, 1.807) is 12.2 Å². The lowest BCUT2D eigenvalue weighted by Gasteiger charge is -2.21. The number of aliphatic hydroxyl groups is 1. The van der Waals surface area contributed by atoms with Gasteiger partial charge in [0.2, 0.25) is 0 Å². The van der Waals surface area contributed by atoms with Gasteiger partial charge in [0, 0.05) is 19.3 Å². The summed E-state index contributed by atoms with van der Waals surface area (Å²) in [4.78, 5) is 72.9. The zero-order chi connectivity index (χ0) is 76.0. The number of allylic oxidation sites excluding steroid dienone is 25. The molecule has 0 fully saturated rings. The minimum atomic E-state index is -5.02. The molecule has 5 atom stereocenters. The molecule has 0 aromatic rings. The normalized spacial score (nSPS) is 14.7. The first-order chi connectivity index (χ1) is 50.7. The average molecular weight is 1500 g/mol. The molecule has 0 aliphatic rings. The standard InChI is InChI=1S/C85H140O17P2/c1-5-9-13-17-21-25-29-33-37-39-43-45-49-53-57-61-65-69-82(87)95-75-80(101-84(89)71-67-63-59-55-51-47-41-35-31-27-23-19-15-11-7-3)77-99-103(91,92)97-73-79(86)74-98-104(93,94)100-78-81(102-85(90)72-68-64-60-56-52-48-42-36-32-28-24-20-16-12-8-4)76-96-83(88)70-66-62-58-54-50-46-44-40-38-34-30-26-22-18-14-10-6-2/h9-11,13-15,21-23,25-27,33-35,37-38,41,43,45,51,53,55,57,63,67,79-81,86H,5-8,12,16-20,24,28-32,36,39-40,42,44,46-50,52,54,56,58-62,64-66,68-78H2,1-4H3,(H,91,92)(H,93,94)/b13-9-,14-10-,15-11-,25-21-,26-22-,27-23-,37-33-,38-34-,41-35-,45-43-,55-51-,57-53-,67-63-. The van der Waals surface area contributed by atoms with Crippen molar-refractivity contribution in [1.29, 1.82) is 0 Å². The summed E-state index contributed by atoms with van der Waals surface area (Å²) in [6.45, 7) is 4.35. The van der Waals surface area contributed by atoms with E-state index in [2.05, 4.69) is 149 Å². The Labute approximate surface area is 629 Å². The fourth-order valence-electron chi connectivity index (χ4n) is 10.1. The first kappa shape index (κ1) is 98.7. The van der Waals surface area contributed by atoms with Crippen molar-refractivity contribution in [3.63, 3.8) is 0 Å². The second kappa shape index (κ2) is 75.9. The van der Waals surface area contributed by atoms with Gasteiger partial charge in [-0.15, -0.1) is 0 Å². The van der Waals surface area contributed by atoms with Crippen LogP contribution in [0.4, 0.5) is 0 Å². The smallest absolute Gasteiger partial charge is 0.462 e. The number of phosphoric acid groups is 2. The molecule has 0 aliphatic heterocycles. The van der Waals surface area contributed by atoms with E-state index in [0.29, 0.717) is 32.1 Å². The van der Waals surface area contributed by atoms with Crippen LogP contribution in [-0.2, 0) is 65.4 Å². The third-order valence-corrected chi connectivity index (χ3v) is 17.9. The van der Waals surface area contributed by atoms with E-state index in [9.17, 15) is 43.2 Å². The fraction of sp³-hybridized carbons (Fsp3) is 0.647. The molecule has 0 radical (unpaired) electrons.